The molecule has 1 aliphatic heterocycles. The Balaban J connectivity index is 1.62. The maximum absolute atomic E-state index is 12.8. The molecule has 1 aromatic carbocycles. The summed E-state index contributed by atoms with van der Waals surface area (Å²) in [6.45, 7) is 2.02. The first-order chi connectivity index (χ1) is 12.2. The fraction of sp³-hybridized carbons (Fsp3) is 0.400. The average Bonchev–Trinajstić information content (AvgIpc) is 3.18. The zero-order valence-corrected chi connectivity index (χ0v) is 15.0. The maximum Gasteiger partial charge on any atom is 0.223 e. The van der Waals surface area contributed by atoms with E-state index in [1.54, 1.807) is 23.5 Å². The fourth-order valence-corrected chi connectivity index (χ4v) is 3.82. The highest BCUT2D eigenvalue weighted by molar-refractivity contribution is 7.09. The lowest BCUT2D eigenvalue weighted by molar-refractivity contribution is -0.136. The Labute approximate surface area is 152 Å². The van der Waals surface area contributed by atoms with Crippen LogP contribution in [0.5, 0.6) is 0 Å². The molecule has 1 aromatic heterocycles. The van der Waals surface area contributed by atoms with Crippen molar-refractivity contribution in [3.63, 3.8) is 0 Å². The number of rotatable bonds is 7. The third kappa shape index (κ3) is 5.00. The van der Waals surface area contributed by atoms with E-state index in [-0.39, 0.29) is 30.6 Å². The number of nitrogens with zero attached hydrogens (tertiary/aromatic N) is 1. The molecular formula is C20H23NO3S. The topological polar surface area (TPSA) is 46.6 Å². The van der Waals surface area contributed by atoms with E-state index in [1.165, 1.54) is 4.88 Å². The van der Waals surface area contributed by atoms with Gasteiger partial charge in [-0.1, -0.05) is 36.4 Å². The van der Waals surface area contributed by atoms with E-state index in [0.717, 1.165) is 12.8 Å². The van der Waals surface area contributed by atoms with Crippen molar-refractivity contribution in [1.82, 2.24) is 4.90 Å². The molecule has 0 spiro atoms. The molecule has 3 rings (SSSR count). The number of benzene rings is 1. The van der Waals surface area contributed by atoms with Crippen LogP contribution in [0, 0.1) is 0 Å². The van der Waals surface area contributed by atoms with Crippen LogP contribution in [0.4, 0.5) is 0 Å². The first kappa shape index (κ1) is 17.8. The second-order valence-corrected chi connectivity index (χ2v) is 7.27. The molecule has 25 heavy (non-hydrogen) atoms. The van der Waals surface area contributed by atoms with Gasteiger partial charge in [0.05, 0.1) is 6.54 Å². The molecule has 0 bridgehead atoms. The lowest BCUT2D eigenvalue weighted by Crippen LogP contribution is -2.42. The highest BCUT2D eigenvalue weighted by Crippen LogP contribution is 2.21. The molecule has 5 heteroatoms. The number of carbonyl (C=O) groups excluding carboxylic acids is 2. The summed E-state index contributed by atoms with van der Waals surface area (Å²) in [5.74, 6) is 0.0848. The van der Waals surface area contributed by atoms with E-state index in [0.29, 0.717) is 25.3 Å². The summed E-state index contributed by atoms with van der Waals surface area (Å²) >= 11 is 1.66. The summed E-state index contributed by atoms with van der Waals surface area (Å²) in [7, 11) is 0. The number of amides is 1. The van der Waals surface area contributed by atoms with Gasteiger partial charge in [-0.25, -0.2) is 0 Å². The molecule has 0 unspecified atom stereocenters. The Bertz CT molecular complexity index is 678. The fourth-order valence-electron chi connectivity index (χ4n) is 3.12. The van der Waals surface area contributed by atoms with Gasteiger partial charge < -0.3 is 9.64 Å². The summed E-state index contributed by atoms with van der Waals surface area (Å²) in [6.07, 6.45) is 2.25. The number of Topliss-reactive ketones (excluding diaryl/α,β-unsaturated/α-hetero) is 1. The van der Waals surface area contributed by atoms with Gasteiger partial charge in [-0.05, 0) is 24.3 Å². The first-order valence-electron chi connectivity index (χ1n) is 8.72. The van der Waals surface area contributed by atoms with E-state index in [2.05, 4.69) is 6.07 Å². The minimum atomic E-state index is 0.0250. The number of hydrogen-bond acceptors (Lipinski definition) is 4. The molecule has 0 radical (unpaired) electrons. The SMILES string of the molecule is O=C(CCC(=O)N(Cc1cccs1)C1CCOCC1)c1ccccc1. The van der Waals surface area contributed by atoms with Gasteiger partial charge in [-0.15, -0.1) is 11.3 Å². The predicted molar refractivity (Wildman–Crippen MR) is 98.7 cm³/mol. The van der Waals surface area contributed by atoms with Crippen LogP contribution < -0.4 is 0 Å². The third-order valence-electron chi connectivity index (χ3n) is 4.52. The van der Waals surface area contributed by atoms with Crippen molar-refractivity contribution in [2.45, 2.75) is 38.3 Å². The van der Waals surface area contributed by atoms with Crippen LogP contribution in [0.1, 0.15) is 40.9 Å². The molecule has 4 nitrogen and oxygen atoms in total. The standard InChI is InChI=1S/C20H23NO3S/c22-19(16-5-2-1-3-6-16)8-9-20(23)21(15-18-7-4-14-25-18)17-10-12-24-13-11-17/h1-7,14,17H,8-13,15H2. The molecule has 1 saturated heterocycles. The molecule has 2 aromatic rings. The molecule has 2 heterocycles. The van der Waals surface area contributed by atoms with Crippen molar-refractivity contribution < 1.29 is 14.3 Å². The van der Waals surface area contributed by atoms with Gasteiger partial charge >= 0.3 is 0 Å². The van der Waals surface area contributed by atoms with E-state index >= 15 is 0 Å². The van der Waals surface area contributed by atoms with E-state index in [9.17, 15) is 9.59 Å². The predicted octanol–water partition coefficient (Wildman–Crippen LogP) is 3.92. The summed E-state index contributed by atoms with van der Waals surface area (Å²) in [5.41, 5.74) is 0.672. The maximum atomic E-state index is 12.8. The van der Waals surface area contributed by atoms with E-state index in [1.807, 2.05) is 34.5 Å². The van der Waals surface area contributed by atoms with Crippen LogP contribution in [-0.2, 0) is 16.1 Å². The quantitative estimate of drug-likeness (QED) is 0.706. The Morgan fingerprint density at radius 1 is 1.04 bits per heavy atom. The minimum absolute atomic E-state index is 0.0250. The van der Waals surface area contributed by atoms with Crippen molar-refractivity contribution >= 4 is 23.0 Å². The summed E-state index contributed by atoms with van der Waals surface area (Å²) in [5, 5.41) is 2.03. The van der Waals surface area contributed by atoms with Crippen LogP contribution in [0.3, 0.4) is 0 Å². The van der Waals surface area contributed by atoms with Crippen molar-refractivity contribution in [3.8, 4) is 0 Å². The van der Waals surface area contributed by atoms with Crippen LogP contribution >= 0.6 is 11.3 Å². The van der Waals surface area contributed by atoms with Crippen molar-refractivity contribution in [1.29, 1.82) is 0 Å². The van der Waals surface area contributed by atoms with Gasteiger partial charge in [-0.3, -0.25) is 9.59 Å². The number of thiophene rings is 1. The zero-order valence-electron chi connectivity index (χ0n) is 14.2. The van der Waals surface area contributed by atoms with Gasteiger partial charge in [0.1, 0.15) is 0 Å². The summed E-state index contributed by atoms with van der Waals surface area (Å²) < 4.78 is 5.43. The molecule has 1 aliphatic rings. The summed E-state index contributed by atoms with van der Waals surface area (Å²) in [6, 6.07) is 13.4. The highest BCUT2D eigenvalue weighted by Gasteiger charge is 2.26. The van der Waals surface area contributed by atoms with Gasteiger partial charge in [0.15, 0.2) is 5.78 Å². The lowest BCUT2D eigenvalue weighted by Gasteiger charge is -2.34. The van der Waals surface area contributed by atoms with Gasteiger partial charge in [-0.2, -0.15) is 0 Å². The van der Waals surface area contributed by atoms with Crippen LogP contribution in [0.15, 0.2) is 47.8 Å². The molecule has 1 fully saturated rings. The van der Waals surface area contributed by atoms with E-state index in [4.69, 9.17) is 4.74 Å². The Morgan fingerprint density at radius 3 is 2.48 bits per heavy atom. The van der Waals surface area contributed by atoms with Crippen molar-refractivity contribution in [2.75, 3.05) is 13.2 Å². The summed E-state index contributed by atoms with van der Waals surface area (Å²) in [4.78, 5) is 28.2. The number of ether oxygens (including phenoxy) is 1. The molecule has 1 amide bonds. The second kappa shape index (κ2) is 8.92. The Morgan fingerprint density at radius 2 is 1.80 bits per heavy atom. The van der Waals surface area contributed by atoms with Gasteiger partial charge in [0.25, 0.3) is 0 Å². The molecule has 0 N–H and O–H groups in total. The molecular weight excluding hydrogens is 334 g/mol. The van der Waals surface area contributed by atoms with Crippen LogP contribution in [-0.4, -0.2) is 35.8 Å². The smallest absolute Gasteiger partial charge is 0.223 e. The second-order valence-electron chi connectivity index (χ2n) is 6.23. The number of carbonyl (C=O) groups is 2. The Hall–Kier alpha value is -1.98. The monoisotopic (exact) mass is 357 g/mol. The molecule has 0 atom stereocenters. The normalized spacial score (nSPS) is 15.0. The van der Waals surface area contributed by atoms with Gasteiger partial charge in [0.2, 0.25) is 5.91 Å². The largest absolute Gasteiger partial charge is 0.381 e. The lowest BCUT2D eigenvalue weighted by atomic mass is 10.0. The average molecular weight is 357 g/mol. The van der Waals surface area contributed by atoms with Crippen LogP contribution in [0.25, 0.3) is 0 Å². The van der Waals surface area contributed by atoms with Gasteiger partial charge in [0, 0.05) is 42.5 Å². The molecule has 0 aliphatic carbocycles. The Kier molecular flexibility index (Phi) is 6.36. The number of ketones is 1. The molecule has 0 saturated carbocycles. The van der Waals surface area contributed by atoms with Crippen molar-refractivity contribution in [3.05, 3.63) is 58.3 Å². The first-order valence-corrected chi connectivity index (χ1v) is 9.60. The minimum Gasteiger partial charge on any atom is -0.381 e. The van der Waals surface area contributed by atoms with Crippen LogP contribution in [0.2, 0.25) is 0 Å². The highest BCUT2D eigenvalue weighted by atomic mass is 32.1. The third-order valence-corrected chi connectivity index (χ3v) is 5.38. The number of hydrogen-bond donors (Lipinski definition) is 0. The zero-order chi connectivity index (χ0) is 17.5. The molecule has 132 valence electrons. The van der Waals surface area contributed by atoms with E-state index < -0.39 is 0 Å². The van der Waals surface area contributed by atoms with Crippen molar-refractivity contribution in [2.24, 2.45) is 0 Å².